The van der Waals surface area contributed by atoms with Crippen molar-refractivity contribution in [3.05, 3.63) is 83.9 Å². The topological polar surface area (TPSA) is 128 Å². The molecule has 3 aromatic carbocycles. The molecule has 4 rings (SSSR count). The lowest BCUT2D eigenvalue weighted by atomic mass is 10.0. The summed E-state index contributed by atoms with van der Waals surface area (Å²) < 4.78 is 60.6. The fraction of sp³-hybridized carbons (Fsp3) is 0.333. The van der Waals surface area contributed by atoms with Gasteiger partial charge in [-0.2, -0.15) is 4.31 Å². The molecule has 3 N–H and O–H groups in total. The van der Waals surface area contributed by atoms with Crippen LogP contribution >= 0.6 is 0 Å². The first-order valence-corrected chi connectivity index (χ1v) is 15.1. The molecule has 0 saturated carbocycles. The van der Waals surface area contributed by atoms with Crippen LogP contribution in [0.15, 0.2) is 71.6 Å². The lowest BCUT2D eigenvalue weighted by Gasteiger charge is -2.33. The Hall–Kier alpha value is -4.07. The summed E-state index contributed by atoms with van der Waals surface area (Å²) >= 11 is 0. The minimum atomic E-state index is -3.99. The van der Waals surface area contributed by atoms with Crippen LogP contribution in [-0.4, -0.2) is 73.6 Å². The van der Waals surface area contributed by atoms with Gasteiger partial charge in [0.1, 0.15) is 23.5 Å². The average Bonchev–Trinajstić information content (AvgIpc) is 3.01. The Morgan fingerprint density at radius 3 is 2.26 bits per heavy atom. The molecule has 1 heterocycles. The van der Waals surface area contributed by atoms with Crippen molar-refractivity contribution < 1.29 is 36.6 Å². The van der Waals surface area contributed by atoms with Crippen LogP contribution in [-0.2, 0) is 21.2 Å². The summed E-state index contributed by atoms with van der Waals surface area (Å²) in [6.45, 7) is 3.36. The molecular weight excluding hydrogens is 582 g/mol. The molecule has 43 heavy (non-hydrogen) atoms. The van der Waals surface area contributed by atoms with Crippen molar-refractivity contribution >= 4 is 33.3 Å². The fourth-order valence-electron chi connectivity index (χ4n) is 4.69. The number of fused-ring (bicyclic) bond motifs is 1. The Labute approximate surface area is 249 Å². The van der Waals surface area contributed by atoms with Crippen LogP contribution in [0.25, 0.3) is 0 Å². The zero-order valence-electron chi connectivity index (χ0n) is 24.0. The number of amides is 3. The molecule has 0 radical (unpaired) electrons. The number of sulfonamides is 1. The maximum Gasteiger partial charge on any atom is 0.323 e. The molecule has 0 spiro atoms. The largest absolute Gasteiger partial charge is 0.488 e. The molecule has 13 heteroatoms. The van der Waals surface area contributed by atoms with Crippen LogP contribution in [0.3, 0.4) is 0 Å². The smallest absolute Gasteiger partial charge is 0.323 e. The first-order chi connectivity index (χ1) is 20.4. The van der Waals surface area contributed by atoms with Gasteiger partial charge in [-0.3, -0.25) is 4.79 Å². The van der Waals surface area contributed by atoms with Gasteiger partial charge in [-0.05, 0) is 73.7 Å². The number of likely N-dealkylation sites (N-methyl/N-ethyl adjacent to an activating group) is 1. The number of carbonyl (C=O) groups excluding carboxylic acids is 2. The number of hydrogen-bond acceptors (Lipinski definition) is 6. The predicted molar refractivity (Wildman–Crippen MR) is 157 cm³/mol. The SMILES string of the molecule is C[C@@H]1CN([C@@H](C)CO)C(=O)Cc2cc(NC(=O)Nc3ccc(F)cc3)ccc2O[C@H]1CN(C)S(=O)(=O)c1ccc(F)cc1. The van der Waals surface area contributed by atoms with E-state index in [4.69, 9.17) is 4.74 Å². The number of halogens is 2. The minimum absolute atomic E-state index is 0.0761. The van der Waals surface area contributed by atoms with E-state index in [1.165, 1.54) is 48.3 Å². The van der Waals surface area contributed by atoms with Gasteiger partial charge in [-0.1, -0.05) is 6.92 Å². The second-order valence-corrected chi connectivity index (χ2v) is 12.6. The first kappa shape index (κ1) is 31.9. The number of rotatable bonds is 8. The van der Waals surface area contributed by atoms with Crippen LogP contribution in [0.5, 0.6) is 5.75 Å². The number of aliphatic hydroxyl groups is 1. The van der Waals surface area contributed by atoms with Crippen LogP contribution in [0, 0.1) is 17.6 Å². The highest BCUT2D eigenvalue weighted by atomic mass is 32.2. The Bertz CT molecular complexity index is 1550. The summed E-state index contributed by atoms with van der Waals surface area (Å²) in [6.07, 6.45) is -0.823. The lowest BCUT2D eigenvalue weighted by Crippen LogP contribution is -2.48. The number of aliphatic hydroxyl groups excluding tert-OH is 1. The molecule has 1 aliphatic heterocycles. The molecule has 10 nitrogen and oxygen atoms in total. The molecule has 1 aliphatic rings. The van der Waals surface area contributed by atoms with Gasteiger partial charge in [0, 0.05) is 36.4 Å². The summed E-state index contributed by atoms with van der Waals surface area (Å²) in [6, 6.07) is 13.4. The van der Waals surface area contributed by atoms with Crippen molar-refractivity contribution in [3.63, 3.8) is 0 Å². The highest BCUT2D eigenvalue weighted by Crippen LogP contribution is 2.30. The van der Waals surface area contributed by atoms with E-state index in [2.05, 4.69) is 10.6 Å². The monoisotopic (exact) mass is 616 g/mol. The molecule has 3 amide bonds. The number of urea groups is 1. The van der Waals surface area contributed by atoms with Crippen LogP contribution in [0.2, 0.25) is 0 Å². The number of nitrogens with zero attached hydrogens (tertiary/aromatic N) is 2. The molecule has 0 unspecified atom stereocenters. The third kappa shape index (κ3) is 7.86. The number of ether oxygens (including phenoxy) is 1. The van der Waals surface area contributed by atoms with E-state index >= 15 is 0 Å². The van der Waals surface area contributed by atoms with E-state index in [1.807, 2.05) is 6.92 Å². The van der Waals surface area contributed by atoms with Gasteiger partial charge < -0.3 is 25.4 Å². The maximum absolute atomic E-state index is 13.4. The molecule has 230 valence electrons. The van der Waals surface area contributed by atoms with Crippen LogP contribution < -0.4 is 15.4 Å². The fourth-order valence-corrected chi connectivity index (χ4v) is 5.87. The standard InChI is InChI=1S/C30H34F2N4O6S/c1-19-16-36(20(2)18-37)29(38)15-21-14-25(34-30(39)33-24-8-4-22(31)5-9-24)10-13-27(21)42-28(19)17-35(3)43(40,41)26-11-6-23(32)7-12-26/h4-14,19-20,28,37H,15-18H2,1-3H3,(H2,33,34,39)/t19-,20+,28+/m1/s1. The quantitative estimate of drug-likeness (QED) is 0.350. The first-order valence-electron chi connectivity index (χ1n) is 13.6. The van der Waals surface area contributed by atoms with Crippen molar-refractivity contribution in [2.45, 2.75) is 37.3 Å². The number of anilines is 2. The third-order valence-electron chi connectivity index (χ3n) is 7.24. The van der Waals surface area contributed by atoms with Crippen LogP contribution in [0.1, 0.15) is 19.4 Å². The number of hydrogen-bond donors (Lipinski definition) is 3. The normalized spacial score (nSPS) is 18.1. The molecule has 3 atom stereocenters. The summed E-state index contributed by atoms with van der Waals surface area (Å²) in [5.74, 6) is -1.31. The average molecular weight is 617 g/mol. The van der Waals surface area contributed by atoms with Gasteiger partial charge >= 0.3 is 6.03 Å². The Morgan fingerprint density at radius 2 is 1.63 bits per heavy atom. The van der Waals surface area contributed by atoms with Gasteiger partial charge in [0.15, 0.2) is 0 Å². The molecular formula is C30H34F2N4O6S. The lowest BCUT2D eigenvalue weighted by molar-refractivity contribution is -0.134. The van der Waals surface area contributed by atoms with Crippen molar-refractivity contribution in [2.24, 2.45) is 5.92 Å². The summed E-state index contributed by atoms with van der Waals surface area (Å²) in [5.41, 5.74) is 1.18. The van der Waals surface area contributed by atoms with E-state index in [0.29, 0.717) is 22.7 Å². The van der Waals surface area contributed by atoms with E-state index in [1.54, 1.807) is 25.1 Å². The van der Waals surface area contributed by atoms with E-state index in [-0.39, 0.29) is 42.8 Å². The van der Waals surface area contributed by atoms with Gasteiger partial charge in [0.2, 0.25) is 15.9 Å². The number of nitrogens with one attached hydrogen (secondary N) is 2. The minimum Gasteiger partial charge on any atom is -0.488 e. The van der Waals surface area contributed by atoms with Gasteiger partial charge in [0.25, 0.3) is 0 Å². The van der Waals surface area contributed by atoms with Crippen LogP contribution in [0.4, 0.5) is 25.0 Å². The van der Waals surface area contributed by atoms with Crippen molar-refractivity contribution in [1.29, 1.82) is 0 Å². The molecule has 0 saturated heterocycles. The van der Waals surface area contributed by atoms with Gasteiger partial charge in [-0.25, -0.2) is 22.0 Å². The number of benzene rings is 3. The molecule has 0 fully saturated rings. The van der Waals surface area contributed by atoms with Crippen molar-refractivity contribution in [3.8, 4) is 5.75 Å². The Morgan fingerprint density at radius 1 is 1.05 bits per heavy atom. The molecule has 0 bridgehead atoms. The van der Waals surface area contributed by atoms with Gasteiger partial charge in [-0.15, -0.1) is 0 Å². The molecule has 0 aromatic heterocycles. The Balaban J connectivity index is 1.61. The zero-order chi connectivity index (χ0) is 31.3. The second kappa shape index (κ2) is 13.5. The summed E-state index contributed by atoms with van der Waals surface area (Å²) in [4.78, 5) is 27.5. The highest BCUT2D eigenvalue weighted by molar-refractivity contribution is 7.89. The van der Waals surface area contributed by atoms with Gasteiger partial charge in [0.05, 0.1) is 30.5 Å². The molecule has 3 aromatic rings. The summed E-state index contributed by atoms with van der Waals surface area (Å²) in [7, 11) is -2.59. The maximum atomic E-state index is 13.4. The van der Waals surface area contributed by atoms with Crippen molar-refractivity contribution in [2.75, 3.05) is 37.4 Å². The Kier molecular flexibility index (Phi) is 9.99. The van der Waals surface area contributed by atoms with E-state index in [0.717, 1.165) is 16.4 Å². The number of carbonyl (C=O) groups is 2. The third-order valence-corrected chi connectivity index (χ3v) is 9.07. The highest BCUT2D eigenvalue weighted by Gasteiger charge is 2.33. The summed E-state index contributed by atoms with van der Waals surface area (Å²) in [5, 5.41) is 15.1. The predicted octanol–water partition coefficient (Wildman–Crippen LogP) is 4.08. The zero-order valence-corrected chi connectivity index (χ0v) is 24.8. The van der Waals surface area contributed by atoms with Crippen molar-refractivity contribution in [1.82, 2.24) is 9.21 Å². The molecule has 0 aliphatic carbocycles. The van der Waals surface area contributed by atoms with E-state index < -0.39 is 39.8 Å². The second-order valence-electron chi connectivity index (χ2n) is 10.5. The van der Waals surface area contributed by atoms with E-state index in [9.17, 15) is 31.9 Å².